The molecule has 0 aliphatic carbocycles. The number of methoxy groups -OCH3 is 1. The molecular formula is C5H11F2O4P. The number of halogens is 2. The molecular weight excluding hydrogens is 193 g/mol. The molecule has 0 spiro atoms. The fraction of sp³-hybridized carbons (Fsp3) is 1.00. The quantitative estimate of drug-likeness (QED) is 0.467. The molecule has 0 rings (SSSR count). The van der Waals surface area contributed by atoms with Crippen molar-refractivity contribution in [3.8, 4) is 0 Å². The van der Waals surface area contributed by atoms with Gasteiger partial charge in [-0.3, -0.25) is 4.52 Å². The largest absolute Gasteiger partial charge is 0.552 e. The van der Waals surface area contributed by atoms with Crippen molar-refractivity contribution < 1.29 is 27.0 Å². The van der Waals surface area contributed by atoms with Crippen LogP contribution >= 0.6 is 7.99 Å². The molecule has 0 N–H and O–H groups in total. The molecule has 0 fully saturated rings. The van der Waals surface area contributed by atoms with E-state index in [4.69, 9.17) is 4.74 Å². The van der Waals surface area contributed by atoms with E-state index in [-0.39, 0.29) is 13.2 Å². The van der Waals surface area contributed by atoms with Crippen molar-refractivity contribution in [1.29, 1.82) is 0 Å². The Kier molecular flexibility index (Phi) is 6.47. The highest BCUT2D eigenvalue weighted by molar-refractivity contribution is 7.47. The molecule has 0 aliphatic heterocycles. The third-order valence-electron chi connectivity index (χ3n) is 0.901. The van der Waals surface area contributed by atoms with Gasteiger partial charge < -0.3 is 9.47 Å². The molecule has 0 saturated carbocycles. The molecule has 0 aliphatic rings. The van der Waals surface area contributed by atoms with Crippen molar-refractivity contribution in [1.82, 2.24) is 0 Å². The molecule has 0 unspecified atom stereocenters. The van der Waals surface area contributed by atoms with Crippen molar-refractivity contribution in [2.45, 2.75) is 0 Å². The fourth-order valence-corrected chi connectivity index (χ4v) is 0.734. The van der Waals surface area contributed by atoms with E-state index in [0.717, 1.165) is 0 Å². The van der Waals surface area contributed by atoms with Crippen molar-refractivity contribution in [2.24, 2.45) is 0 Å². The van der Waals surface area contributed by atoms with Gasteiger partial charge in [0.2, 0.25) is 0 Å². The van der Waals surface area contributed by atoms with E-state index < -0.39 is 7.99 Å². The summed E-state index contributed by atoms with van der Waals surface area (Å²) < 4.78 is 45.8. The zero-order valence-electron chi connectivity index (χ0n) is 6.66. The highest BCUT2D eigenvalue weighted by atomic mass is 31.2. The molecule has 0 aromatic carbocycles. The molecule has 0 amide bonds. The number of ether oxygens (including phenoxy) is 2. The van der Waals surface area contributed by atoms with E-state index in [2.05, 4.69) is 9.26 Å². The molecule has 7 heteroatoms. The summed E-state index contributed by atoms with van der Waals surface area (Å²) in [5.41, 5.74) is 0. The Morgan fingerprint density at radius 2 is 1.75 bits per heavy atom. The average Bonchev–Trinajstić information content (AvgIpc) is 1.94. The van der Waals surface area contributed by atoms with Crippen molar-refractivity contribution in [3.05, 3.63) is 0 Å². The normalized spacial score (nSPS) is 11.9. The first kappa shape index (κ1) is 12.0. The first-order valence-corrected chi connectivity index (χ1v) is 4.67. The second-order valence-electron chi connectivity index (χ2n) is 1.85. The summed E-state index contributed by atoms with van der Waals surface area (Å²) in [6.07, 6.45) is 0. The average molecular weight is 204 g/mol. The van der Waals surface area contributed by atoms with Gasteiger partial charge in [0, 0.05) is 7.11 Å². The van der Waals surface area contributed by atoms with Gasteiger partial charge in [-0.1, -0.05) is 0 Å². The number of rotatable bonds is 7. The van der Waals surface area contributed by atoms with Crippen LogP contribution in [0.1, 0.15) is 0 Å². The van der Waals surface area contributed by atoms with E-state index in [9.17, 15) is 13.0 Å². The second-order valence-corrected chi connectivity index (χ2v) is 2.94. The van der Waals surface area contributed by atoms with Crippen LogP contribution in [0.15, 0.2) is 0 Å². The van der Waals surface area contributed by atoms with E-state index in [0.29, 0.717) is 13.2 Å². The zero-order chi connectivity index (χ0) is 9.45. The summed E-state index contributed by atoms with van der Waals surface area (Å²) in [5, 5.41) is 0. The molecule has 0 aromatic heterocycles. The molecule has 0 atom stereocenters. The van der Waals surface area contributed by atoms with Gasteiger partial charge in [-0.15, -0.1) is 8.39 Å². The third kappa shape index (κ3) is 9.97. The summed E-state index contributed by atoms with van der Waals surface area (Å²) >= 11 is 0. The molecule has 0 bridgehead atoms. The summed E-state index contributed by atoms with van der Waals surface area (Å²) in [7, 11) is -3.84. The van der Waals surface area contributed by atoms with Gasteiger partial charge in [0.05, 0.1) is 26.4 Å². The van der Waals surface area contributed by atoms with Crippen LogP contribution in [0.4, 0.5) is 8.39 Å². The van der Waals surface area contributed by atoms with Crippen LogP contribution in [0.5, 0.6) is 0 Å². The van der Waals surface area contributed by atoms with Crippen LogP contribution < -0.4 is 0 Å². The van der Waals surface area contributed by atoms with E-state index in [1.165, 1.54) is 7.11 Å². The van der Waals surface area contributed by atoms with Crippen molar-refractivity contribution in [3.63, 3.8) is 0 Å². The summed E-state index contributed by atoms with van der Waals surface area (Å²) in [6, 6.07) is 0. The Labute approximate surface area is 69.5 Å². The predicted octanol–water partition coefficient (Wildman–Crippen LogP) is 1.71. The molecule has 0 saturated heterocycles. The van der Waals surface area contributed by atoms with Gasteiger partial charge in [0.15, 0.2) is 0 Å². The summed E-state index contributed by atoms with van der Waals surface area (Å²) in [6.45, 7) is 0.320. The van der Waals surface area contributed by atoms with E-state index in [1.807, 2.05) is 0 Å². The highest BCUT2D eigenvalue weighted by Gasteiger charge is 2.19. The minimum atomic E-state index is -5.33. The Hall–Kier alpha value is -0.0300. The lowest BCUT2D eigenvalue weighted by atomic mass is 10.7. The predicted molar refractivity (Wildman–Crippen MR) is 38.5 cm³/mol. The lowest BCUT2D eigenvalue weighted by Gasteiger charge is -2.03. The summed E-state index contributed by atoms with van der Waals surface area (Å²) in [5.74, 6) is 0. The minimum absolute atomic E-state index is 0.0127. The second kappa shape index (κ2) is 6.48. The van der Waals surface area contributed by atoms with E-state index >= 15 is 0 Å². The first-order chi connectivity index (χ1) is 5.56. The Bertz CT molecular complexity index is 148. The smallest absolute Gasteiger partial charge is 0.382 e. The maximum absolute atomic E-state index is 11.6. The first-order valence-electron chi connectivity index (χ1n) is 3.27. The molecule has 4 nitrogen and oxygen atoms in total. The van der Waals surface area contributed by atoms with Gasteiger partial charge in [0.1, 0.15) is 0 Å². The van der Waals surface area contributed by atoms with Crippen molar-refractivity contribution >= 4 is 7.99 Å². The maximum atomic E-state index is 11.6. The van der Waals surface area contributed by atoms with Crippen LogP contribution in [-0.2, 0) is 18.6 Å². The monoisotopic (exact) mass is 204 g/mol. The van der Waals surface area contributed by atoms with Crippen LogP contribution in [0.25, 0.3) is 0 Å². The Morgan fingerprint density at radius 3 is 2.25 bits per heavy atom. The Balaban J connectivity index is 3.06. The SMILES string of the molecule is COCCOCCOP(=O)(F)F. The molecule has 12 heavy (non-hydrogen) atoms. The standard InChI is InChI=1S/C5H11F2O4P/c1-9-2-3-10-4-5-11-12(6,7)8/h2-5H2,1H3. The van der Waals surface area contributed by atoms with Crippen molar-refractivity contribution in [2.75, 3.05) is 33.5 Å². The lowest BCUT2D eigenvalue weighted by molar-refractivity contribution is 0.0519. The lowest BCUT2D eigenvalue weighted by Crippen LogP contribution is -2.06. The fourth-order valence-electron chi connectivity index (χ4n) is 0.447. The van der Waals surface area contributed by atoms with Crippen LogP contribution in [0, 0.1) is 0 Å². The van der Waals surface area contributed by atoms with Crippen LogP contribution in [0.3, 0.4) is 0 Å². The zero-order valence-corrected chi connectivity index (χ0v) is 7.56. The van der Waals surface area contributed by atoms with Gasteiger partial charge in [-0.2, -0.15) is 0 Å². The third-order valence-corrected chi connectivity index (χ3v) is 1.38. The van der Waals surface area contributed by atoms with Gasteiger partial charge in [-0.25, -0.2) is 4.57 Å². The highest BCUT2D eigenvalue weighted by Crippen LogP contribution is 2.49. The van der Waals surface area contributed by atoms with Gasteiger partial charge in [-0.05, 0) is 0 Å². The molecule has 0 heterocycles. The summed E-state index contributed by atoms with van der Waals surface area (Å²) in [4.78, 5) is 0. The van der Waals surface area contributed by atoms with E-state index in [1.54, 1.807) is 0 Å². The molecule has 74 valence electrons. The topological polar surface area (TPSA) is 44.8 Å². The Morgan fingerprint density at radius 1 is 1.17 bits per heavy atom. The molecule has 0 radical (unpaired) electrons. The van der Waals surface area contributed by atoms with Crippen LogP contribution in [-0.4, -0.2) is 33.5 Å². The number of hydrogen-bond acceptors (Lipinski definition) is 4. The van der Waals surface area contributed by atoms with Gasteiger partial charge >= 0.3 is 7.99 Å². The maximum Gasteiger partial charge on any atom is 0.552 e. The minimum Gasteiger partial charge on any atom is -0.382 e. The molecule has 0 aromatic rings. The number of hydrogen-bond donors (Lipinski definition) is 0. The van der Waals surface area contributed by atoms with Crippen LogP contribution in [0.2, 0.25) is 0 Å². The van der Waals surface area contributed by atoms with Gasteiger partial charge in [0.25, 0.3) is 0 Å².